The monoisotopic (exact) mass is 203 g/mol. The summed E-state index contributed by atoms with van der Waals surface area (Å²) in [5, 5.41) is 9.37. The molecule has 2 aromatic rings. The molecule has 0 atom stereocenters. The predicted molar refractivity (Wildman–Crippen MR) is 58.2 cm³/mol. The van der Waals surface area contributed by atoms with Gasteiger partial charge in [-0.05, 0) is 12.1 Å². The standard InChI is InChI=1S/C11H13N3O/c1-14-9(6-12)7-13-11(14)8-3-2-4-10(15)5-8/h2-5,7,15H,6,12H2,1H3. The van der Waals surface area contributed by atoms with Crippen LogP contribution in [0.4, 0.5) is 0 Å². The minimum absolute atomic E-state index is 0.241. The summed E-state index contributed by atoms with van der Waals surface area (Å²) in [5.41, 5.74) is 7.41. The molecule has 0 fully saturated rings. The van der Waals surface area contributed by atoms with E-state index in [-0.39, 0.29) is 5.75 Å². The van der Waals surface area contributed by atoms with E-state index in [4.69, 9.17) is 5.73 Å². The third-order valence-electron chi connectivity index (χ3n) is 2.40. The average Bonchev–Trinajstić information content (AvgIpc) is 2.59. The second-order valence-corrected chi connectivity index (χ2v) is 3.39. The number of phenols is 1. The number of benzene rings is 1. The highest BCUT2D eigenvalue weighted by Gasteiger charge is 2.07. The molecule has 0 spiro atoms. The molecule has 0 saturated carbocycles. The van der Waals surface area contributed by atoms with E-state index < -0.39 is 0 Å². The Balaban J connectivity index is 2.49. The van der Waals surface area contributed by atoms with E-state index in [1.807, 2.05) is 17.7 Å². The molecule has 1 aromatic carbocycles. The Kier molecular flexibility index (Phi) is 2.43. The summed E-state index contributed by atoms with van der Waals surface area (Å²) in [6.45, 7) is 0.461. The summed E-state index contributed by atoms with van der Waals surface area (Å²) in [6, 6.07) is 7.02. The second kappa shape index (κ2) is 3.74. The summed E-state index contributed by atoms with van der Waals surface area (Å²) in [6.07, 6.45) is 1.75. The molecule has 0 aliphatic carbocycles. The van der Waals surface area contributed by atoms with Gasteiger partial charge in [0.15, 0.2) is 0 Å². The van der Waals surface area contributed by atoms with Crippen LogP contribution >= 0.6 is 0 Å². The fourth-order valence-electron chi connectivity index (χ4n) is 1.55. The minimum Gasteiger partial charge on any atom is -0.508 e. The number of rotatable bonds is 2. The Morgan fingerprint density at radius 1 is 1.47 bits per heavy atom. The second-order valence-electron chi connectivity index (χ2n) is 3.39. The van der Waals surface area contributed by atoms with Gasteiger partial charge in [0.25, 0.3) is 0 Å². The smallest absolute Gasteiger partial charge is 0.140 e. The average molecular weight is 203 g/mol. The number of hydrogen-bond donors (Lipinski definition) is 2. The minimum atomic E-state index is 0.241. The molecule has 0 unspecified atom stereocenters. The number of aromatic nitrogens is 2. The van der Waals surface area contributed by atoms with Crippen LogP contribution in [-0.2, 0) is 13.6 Å². The molecule has 15 heavy (non-hydrogen) atoms. The largest absolute Gasteiger partial charge is 0.508 e. The first kappa shape index (κ1) is 9.73. The highest BCUT2D eigenvalue weighted by Crippen LogP contribution is 2.22. The first-order valence-electron chi connectivity index (χ1n) is 4.72. The third-order valence-corrected chi connectivity index (χ3v) is 2.40. The SMILES string of the molecule is Cn1c(CN)cnc1-c1cccc(O)c1. The van der Waals surface area contributed by atoms with Gasteiger partial charge in [0.1, 0.15) is 11.6 Å². The van der Waals surface area contributed by atoms with Crippen molar-refractivity contribution in [3.63, 3.8) is 0 Å². The summed E-state index contributed by atoms with van der Waals surface area (Å²) in [4.78, 5) is 4.27. The van der Waals surface area contributed by atoms with Gasteiger partial charge in [0.2, 0.25) is 0 Å². The molecule has 0 aliphatic heterocycles. The Hall–Kier alpha value is -1.81. The van der Waals surface area contributed by atoms with E-state index in [9.17, 15) is 5.11 Å². The fraction of sp³-hybridized carbons (Fsp3) is 0.182. The molecular formula is C11H13N3O. The fourth-order valence-corrected chi connectivity index (χ4v) is 1.55. The number of hydrogen-bond acceptors (Lipinski definition) is 3. The molecular weight excluding hydrogens is 190 g/mol. The van der Waals surface area contributed by atoms with E-state index in [1.165, 1.54) is 0 Å². The van der Waals surface area contributed by atoms with E-state index in [2.05, 4.69) is 4.98 Å². The topological polar surface area (TPSA) is 64.1 Å². The lowest BCUT2D eigenvalue weighted by Gasteiger charge is -2.04. The number of nitrogens with two attached hydrogens (primary N) is 1. The molecule has 0 bridgehead atoms. The number of aromatic hydroxyl groups is 1. The summed E-state index contributed by atoms with van der Waals surface area (Å²) in [7, 11) is 1.91. The number of nitrogens with zero attached hydrogens (tertiary/aromatic N) is 2. The van der Waals surface area contributed by atoms with Gasteiger partial charge >= 0.3 is 0 Å². The van der Waals surface area contributed by atoms with E-state index >= 15 is 0 Å². The van der Waals surface area contributed by atoms with Gasteiger partial charge in [0.05, 0.1) is 11.9 Å². The van der Waals surface area contributed by atoms with Crippen LogP contribution in [0.1, 0.15) is 5.69 Å². The number of imidazole rings is 1. The van der Waals surface area contributed by atoms with Crippen LogP contribution < -0.4 is 5.73 Å². The van der Waals surface area contributed by atoms with Crippen molar-refractivity contribution in [1.29, 1.82) is 0 Å². The molecule has 2 rings (SSSR count). The summed E-state index contributed by atoms with van der Waals surface area (Å²) < 4.78 is 1.93. The molecule has 0 radical (unpaired) electrons. The predicted octanol–water partition coefficient (Wildman–Crippen LogP) is 1.25. The van der Waals surface area contributed by atoms with Gasteiger partial charge < -0.3 is 15.4 Å². The lowest BCUT2D eigenvalue weighted by molar-refractivity contribution is 0.475. The maximum absolute atomic E-state index is 9.37. The zero-order chi connectivity index (χ0) is 10.8. The van der Waals surface area contributed by atoms with E-state index in [1.54, 1.807) is 24.4 Å². The van der Waals surface area contributed by atoms with Gasteiger partial charge in [0, 0.05) is 19.2 Å². The van der Waals surface area contributed by atoms with Gasteiger partial charge in [-0.3, -0.25) is 0 Å². The van der Waals surface area contributed by atoms with Gasteiger partial charge in [-0.2, -0.15) is 0 Å². The third kappa shape index (κ3) is 1.71. The van der Waals surface area contributed by atoms with Crippen LogP contribution in [-0.4, -0.2) is 14.7 Å². The summed E-state index contributed by atoms with van der Waals surface area (Å²) in [5.74, 6) is 1.05. The maximum Gasteiger partial charge on any atom is 0.140 e. The molecule has 1 aromatic heterocycles. The maximum atomic E-state index is 9.37. The van der Waals surface area contributed by atoms with Crippen LogP contribution in [0.5, 0.6) is 5.75 Å². The van der Waals surface area contributed by atoms with Crippen molar-refractivity contribution in [1.82, 2.24) is 9.55 Å². The molecule has 0 amide bonds. The number of phenolic OH excluding ortho intramolecular Hbond substituents is 1. The van der Waals surface area contributed by atoms with Gasteiger partial charge in [-0.1, -0.05) is 12.1 Å². The normalized spacial score (nSPS) is 10.5. The van der Waals surface area contributed by atoms with Crippen molar-refractivity contribution in [2.45, 2.75) is 6.54 Å². The van der Waals surface area contributed by atoms with Crippen LogP contribution in [0.25, 0.3) is 11.4 Å². The Labute approximate surface area is 88.0 Å². The van der Waals surface area contributed by atoms with E-state index in [0.717, 1.165) is 17.1 Å². The Bertz CT molecular complexity index is 476. The molecule has 4 heteroatoms. The van der Waals surface area contributed by atoms with E-state index in [0.29, 0.717) is 6.54 Å². The zero-order valence-corrected chi connectivity index (χ0v) is 8.51. The Morgan fingerprint density at radius 2 is 2.27 bits per heavy atom. The van der Waals surface area contributed by atoms with Gasteiger partial charge in [-0.15, -0.1) is 0 Å². The highest BCUT2D eigenvalue weighted by molar-refractivity contribution is 5.58. The quantitative estimate of drug-likeness (QED) is 0.772. The van der Waals surface area contributed by atoms with Crippen molar-refractivity contribution < 1.29 is 5.11 Å². The van der Waals surface area contributed by atoms with Crippen molar-refractivity contribution >= 4 is 0 Å². The van der Waals surface area contributed by atoms with Crippen molar-refractivity contribution in [3.05, 3.63) is 36.2 Å². The van der Waals surface area contributed by atoms with Crippen molar-refractivity contribution in [2.24, 2.45) is 12.8 Å². The van der Waals surface area contributed by atoms with Crippen LogP contribution in [0.2, 0.25) is 0 Å². The zero-order valence-electron chi connectivity index (χ0n) is 8.51. The van der Waals surface area contributed by atoms with Crippen molar-refractivity contribution in [3.8, 4) is 17.1 Å². The molecule has 0 aliphatic rings. The van der Waals surface area contributed by atoms with Gasteiger partial charge in [-0.25, -0.2) is 4.98 Å². The molecule has 1 heterocycles. The van der Waals surface area contributed by atoms with Crippen LogP contribution in [0, 0.1) is 0 Å². The summed E-state index contributed by atoms with van der Waals surface area (Å²) >= 11 is 0. The highest BCUT2D eigenvalue weighted by atomic mass is 16.3. The van der Waals surface area contributed by atoms with Crippen molar-refractivity contribution in [2.75, 3.05) is 0 Å². The lowest BCUT2D eigenvalue weighted by Crippen LogP contribution is -2.04. The first-order valence-corrected chi connectivity index (χ1v) is 4.72. The van der Waals surface area contributed by atoms with Crippen LogP contribution in [0.3, 0.4) is 0 Å². The molecule has 4 nitrogen and oxygen atoms in total. The molecule has 78 valence electrons. The molecule has 3 N–H and O–H groups in total. The Morgan fingerprint density at radius 3 is 2.87 bits per heavy atom. The first-order chi connectivity index (χ1) is 7.22. The lowest BCUT2D eigenvalue weighted by atomic mass is 10.2. The van der Waals surface area contributed by atoms with Crippen LogP contribution in [0.15, 0.2) is 30.5 Å². The molecule has 0 saturated heterocycles.